The van der Waals surface area contributed by atoms with E-state index in [0.29, 0.717) is 12.2 Å². The van der Waals surface area contributed by atoms with Gasteiger partial charge in [0.15, 0.2) is 0 Å². The van der Waals surface area contributed by atoms with Crippen LogP contribution in [0.1, 0.15) is 12.5 Å². The Hall–Kier alpha value is -1.81. The van der Waals surface area contributed by atoms with E-state index in [1.807, 2.05) is 31.3 Å². The van der Waals surface area contributed by atoms with Gasteiger partial charge in [-0.15, -0.1) is 0 Å². The first kappa shape index (κ1) is 11.7. The first-order chi connectivity index (χ1) is 8.08. The van der Waals surface area contributed by atoms with E-state index >= 15 is 0 Å². The van der Waals surface area contributed by atoms with Crippen LogP contribution in [-0.2, 0) is 13.5 Å². The molecule has 90 valence electrons. The molecule has 17 heavy (non-hydrogen) atoms. The maximum absolute atomic E-state index is 9.31. The van der Waals surface area contributed by atoms with Gasteiger partial charge in [0.2, 0.25) is 0 Å². The molecule has 3 N–H and O–H groups in total. The highest BCUT2D eigenvalue weighted by atomic mass is 16.3. The van der Waals surface area contributed by atoms with E-state index in [4.69, 9.17) is 5.73 Å². The third-order valence-electron chi connectivity index (χ3n) is 2.78. The Kier molecular flexibility index (Phi) is 3.15. The van der Waals surface area contributed by atoms with Gasteiger partial charge >= 0.3 is 0 Å². The van der Waals surface area contributed by atoms with Crippen molar-refractivity contribution in [3.63, 3.8) is 0 Å². The van der Waals surface area contributed by atoms with Crippen LogP contribution in [0.5, 0.6) is 0 Å². The van der Waals surface area contributed by atoms with Crippen molar-refractivity contribution < 1.29 is 5.11 Å². The molecular weight excluding hydrogens is 214 g/mol. The number of benzene rings is 1. The summed E-state index contributed by atoms with van der Waals surface area (Å²) in [7, 11) is 1.82. The lowest BCUT2D eigenvalue weighted by molar-refractivity contribution is 0.195. The molecule has 4 nitrogen and oxygen atoms in total. The molecule has 0 fully saturated rings. The monoisotopic (exact) mass is 231 g/mol. The number of hydrogen-bond donors (Lipinski definition) is 2. The van der Waals surface area contributed by atoms with Gasteiger partial charge in [-0.3, -0.25) is 4.68 Å². The van der Waals surface area contributed by atoms with Crippen molar-refractivity contribution in [3.05, 3.63) is 36.0 Å². The van der Waals surface area contributed by atoms with E-state index in [9.17, 15) is 5.11 Å². The van der Waals surface area contributed by atoms with E-state index in [2.05, 4.69) is 5.10 Å². The van der Waals surface area contributed by atoms with Crippen LogP contribution in [0, 0.1) is 0 Å². The minimum atomic E-state index is -0.315. The fourth-order valence-electron chi connectivity index (χ4n) is 1.83. The normalized spacial score (nSPS) is 12.6. The van der Waals surface area contributed by atoms with Crippen molar-refractivity contribution in [2.24, 2.45) is 7.05 Å². The number of nitrogens with zero attached hydrogens (tertiary/aromatic N) is 2. The van der Waals surface area contributed by atoms with Gasteiger partial charge in [0.25, 0.3) is 0 Å². The van der Waals surface area contributed by atoms with Gasteiger partial charge in [-0.1, -0.05) is 24.3 Å². The van der Waals surface area contributed by atoms with Gasteiger partial charge in [0.05, 0.1) is 12.3 Å². The van der Waals surface area contributed by atoms with Crippen LogP contribution in [-0.4, -0.2) is 21.0 Å². The molecule has 4 heteroatoms. The third kappa shape index (κ3) is 2.47. The fraction of sp³-hybridized carbons (Fsp3) is 0.308. The highest BCUT2D eigenvalue weighted by molar-refractivity contribution is 5.73. The Balaban J connectivity index is 2.26. The van der Waals surface area contributed by atoms with Crippen LogP contribution in [0.4, 0.5) is 5.82 Å². The SMILES string of the molecule is CC(O)Cc1ccc(-c2cnn(C)c2N)cc1. The molecule has 0 spiro atoms. The molecule has 1 heterocycles. The minimum Gasteiger partial charge on any atom is -0.393 e. The molecule has 0 aliphatic carbocycles. The summed E-state index contributed by atoms with van der Waals surface area (Å²) in [5.74, 6) is 0.660. The Morgan fingerprint density at radius 1 is 1.35 bits per heavy atom. The lowest BCUT2D eigenvalue weighted by Gasteiger charge is -2.06. The average Bonchev–Trinajstić information content (AvgIpc) is 2.60. The number of nitrogens with two attached hydrogens (primary N) is 1. The second-order valence-electron chi connectivity index (χ2n) is 4.32. The van der Waals surface area contributed by atoms with E-state index in [1.54, 1.807) is 17.8 Å². The molecule has 0 saturated heterocycles. The average molecular weight is 231 g/mol. The first-order valence-corrected chi connectivity index (χ1v) is 5.63. The van der Waals surface area contributed by atoms with Crippen LogP contribution in [0.3, 0.4) is 0 Å². The second kappa shape index (κ2) is 4.59. The van der Waals surface area contributed by atoms with Crippen LogP contribution < -0.4 is 5.73 Å². The zero-order valence-corrected chi connectivity index (χ0v) is 10.1. The summed E-state index contributed by atoms with van der Waals surface area (Å²) in [5, 5.41) is 13.4. The summed E-state index contributed by atoms with van der Waals surface area (Å²) >= 11 is 0. The topological polar surface area (TPSA) is 64.1 Å². The van der Waals surface area contributed by atoms with Crippen molar-refractivity contribution in [1.29, 1.82) is 0 Å². The Labute approximate surface area is 101 Å². The maximum atomic E-state index is 9.31. The minimum absolute atomic E-state index is 0.315. The van der Waals surface area contributed by atoms with Crippen molar-refractivity contribution in [1.82, 2.24) is 9.78 Å². The maximum Gasteiger partial charge on any atom is 0.129 e. The van der Waals surface area contributed by atoms with Crippen LogP contribution in [0.15, 0.2) is 30.5 Å². The van der Waals surface area contributed by atoms with Crippen molar-refractivity contribution in [3.8, 4) is 11.1 Å². The Morgan fingerprint density at radius 3 is 2.47 bits per heavy atom. The van der Waals surface area contributed by atoms with E-state index in [-0.39, 0.29) is 6.10 Å². The quantitative estimate of drug-likeness (QED) is 0.843. The highest BCUT2D eigenvalue weighted by Gasteiger charge is 2.07. The zero-order chi connectivity index (χ0) is 12.4. The number of nitrogen functional groups attached to an aromatic ring is 1. The molecule has 0 amide bonds. The van der Waals surface area contributed by atoms with Crippen molar-refractivity contribution in [2.45, 2.75) is 19.4 Å². The molecule has 0 bridgehead atoms. The van der Waals surface area contributed by atoms with Gasteiger partial charge in [0.1, 0.15) is 5.82 Å². The molecular formula is C13H17N3O. The van der Waals surface area contributed by atoms with Crippen molar-refractivity contribution in [2.75, 3.05) is 5.73 Å². The number of hydrogen-bond acceptors (Lipinski definition) is 3. The van der Waals surface area contributed by atoms with E-state index in [1.165, 1.54) is 0 Å². The molecule has 1 aromatic carbocycles. The van der Waals surface area contributed by atoms with Crippen LogP contribution in [0.2, 0.25) is 0 Å². The lowest BCUT2D eigenvalue weighted by Crippen LogP contribution is -2.03. The summed E-state index contributed by atoms with van der Waals surface area (Å²) < 4.78 is 1.65. The van der Waals surface area contributed by atoms with Crippen LogP contribution >= 0.6 is 0 Å². The number of rotatable bonds is 3. The molecule has 1 atom stereocenters. The second-order valence-corrected chi connectivity index (χ2v) is 4.32. The lowest BCUT2D eigenvalue weighted by atomic mass is 10.0. The number of aryl methyl sites for hydroxylation is 1. The summed E-state index contributed by atoms with van der Waals surface area (Å²) in [6.07, 6.45) is 2.12. The molecule has 1 unspecified atom stereocenters. The molecule has 0 saturated carbocycles. The largest absolute Gasteiger partial charge is 0.393 e. The van der Waals surface area contributed by atoms with Crippen LogP contribution in [0.25, 0.3) is 11.1 Å². The molecule has 1 aromatic heterocycles. The number of aromatic nitrogens is 2. The molecule has 2 rings (SSSR count). The van der Waals surface area contributed by atoms with E-state index in [0.717, 1.165) is 16.7 Å². The Morgan fingerprint density at radius 2 is 2.00 bits per heavy atom. The molecule has 0 radical (unpaired) electrons. The predicted octanol–water partition coefficient (Wildman–Crippen LogP) is 1.59. The van der Waals surface area contributed by atoms with Gasteiger partial charge in [0, 0.05) is 12.6 Å². The summed E-state index contributed by atoms with van der Waals surface area (Å²) in [4.78, 5) is 0. The standard InChI is InChI=1S/C13H17N3O/c1-9(17)7-10-3-5-11(6-4-10)12-8-15-16(2)13(12)14/h3-6,8-9,17H,7,14H2,1-2H3. The number of aliphatic hydroxyl groups excluding tert-OH is 1. The Bertz CT molecular complexity index is 500. The molecule has 0 aliphatic heterocycles. The fourth-order valence-corrected chi connectivity index (χ4v) is 1.83. The third-order valence-corrected chi connectivity index (χ3v) is 2.78. The summed E-state index contributed by atoms with van der Waals surface area (Å²) in [5.41, 5.74) is 9.02. The number of aliphatic hydroxyl groups is 1. The van der Waals surface area contributed by atoms with E-state index < -0.39 is 0 Å². The van der Waals surface area contributed by atoms with Gasteiger partial charge in [-0.25, -0.2) is 0 Å². The van der Waals surface area contributed by atoms with Gasteiger partial charge < -0.3 is 10.8 Å². The molecule has 2 aromatic rings. The van der Waals surface area contributed by atoms with Gasteiger partial charge in [-0.05, 0) is 24.5 Å². The summed E-state index contributed by atoms with van der Waals surface area (Å²) in [6.45, 7) is 1.78. The summed E-state index contributed by atoms with van der Waals surface area (Å²) in [6, 6.07) is 8.03. The van der Waals surface area contributed by atoms with Crippen molar-refractivity contribution >= 4 is 5.82 Å². The first-order valence-electron chi connectivity index (χ1n) is 5.63. The predicted molar refractivity (Wildman–Crippen MR) is 68.4 cm³/mol. The zero-order valence-electron chi connectivity index (χ0n) is 10.1. The molecule has 0 aliphatic rings. The smallest absolute Gasteiger partial charge is 0.129 e. The highest BCUT2D eigenvalue weighted by Crippen LogP contribution is 2.25. The van der Waals surface area contributed by atoms with Gasteiger partial charge in [-0.2, -0.15) is 5.10 Å². The number of anilines is 1.